The first-order chi connectivity index (χ1) is 5.33. The Balaban J connectivity index is 4.14. The molecule has 0 rings (SSSR count). The van der Waals surface area contributed by atoms with Gasteiger partial charge in [-0.25, -0.2) is 4.39 Å². The van der Waals surface area contributed by atoms with Crippen LogP contribution in [-0.2, 0) is 0 Å². The first-order valence-corrected chi connectivity index (χ1v) is 5.02. The van der Waals surface area contributed by atoms with Crippen LogP contribution in [0.3, 0.4) is 0 Å². The fourth-order valence-electron chi connectivity index (χ4n) is 2.01. The van der Waals surface area contributed by atoms with E-state index in [2.05, 4.69) is 20.8 Å². The minimum Gasteiger partial charge on any atom is -0.244 e. The van der Waals surface area contributed by atoms with Gasteiger partial charge in [-0.1, -0.05) is 33.6 Å². The van der Waals surface area contributed by atoms with E-state index in [1.807, 2.05) is 0 Å². The van der Waals surface area contributed by atoms with Gasteiger partial charge < -0.3 is 0 Å². The first kappa shape index (κ1) is 11.9. The fourth-order valence-corrected chi connectivity index (χ4v) is 2.01. The summed E-state index contributed by atoms with van der Waals surface area (Å²) in [7, 11) is 0. The molecule has 1 atom stereocenters. The average molecular weight is 174 g/mol. The zero-order chi connectivity index (χ0) is 9.83. The van der Waals surface area contributed by atoms with E-state index in [9.17, 15) is 4.39 Å². The van der Waals surface area contributed by atoms with Crippen molar-refractivity contribution >= 4 is 0 Å². The number of rotatable bonds is 5. The molecule has 0 saturated carbocycles. The SMILES string of the molecule is CCCC(C)(CC)CC(C)(C)F. The van der Waals surface area contributed by atoms with Gasteiger partial charge in [0.05, 0.1) is 0 Å². The van der Waals surface area contributed by atoms with Crippen LogP contribution in [0.15, 0.2) is 0 Å². The Morgan fingerprint density at radius 2 is 1.58 bits per heavy atom. The van der Waals surface area contributed by atoms with E-state index in [1.54, 1.807) is 13.8 Å². The highest BCUT2D eigenvalue weighted by Gasteiger charge is 2.29. The quantitative estimate of drug-likeness (QED) is 0.581. The van der Waals surface area contributed by atoms with Crippen molar-refractivity contribution in [3.8, 4) is 0 Å². The highest BCUT2D eigenvalue weighted by molar-refractivity contribution is 4.80. The zero-order valence-corrected chi connectivity index (χ0v) is 9.21. The second kappa shape index (κ2) is 4.25. The van der Waals surface area contributed by atoms with Crippen molar-refractivity contribution in [3.05, 3.63) is 0 Å². The highest BCUT2D eigenvalue weighted by atomic mass is 19.1. The molecular weight excluding hydrogens is 151 g/mol. The van der Waals surface area contributed by atoms with Crippen molar-refractivity contribution in [2.24, 2.45) is 5.41 Å². The van der Waals surface area contributed by atoms with Crippen molar-refractivity contribution in [1.29, 1.82) is 0 Å². The summed E-state index contributed by atoms with van der Waals surface area (Å²) in [4.78, 5) is 0. The molecule has 0 bridgehead atoms. The van der Waals surface area contributed by atoms with E-state index in [0.29, 0.717) is 6.42 Å². The number of alkyl halides is 1. The molecule has 1 unspecified atom stereocenters. The van der Waals surface area contributed by atoms with Crippen molar-refractivity contribution in [2.75, 3.05) is 0 Å². The summed E-state index contributed by atoms with van der Waals surface area (Å²) >= 11 is 0. The molecule has 0 aromatic carbocycles. The maximum absolute atomic E-state index is 13.4. The second-order valence-electron chi connectivity index (χ2n) is 4.81. The van der Waals surface area contributed by atoms with Crippen LogP contribution >= 0.6 is 0 Å². The van der Waals surface area contributed by atoms with E-state index in [-0.39, 0.29) is 5.41 Å². The monoisotopic (exact) mass is 174 g/mol. The van der Waals surface area contributed by atoms with Gasteiger partial charge >= 0.3 is 0 Å². The van der Waals surface area contributed by atoms with Gasteiger partial charge in [-0.15, -0.1) is 0 Å². The Hall–Kier alpha value is -0.0700. The third-order valence-corrected chi connectivity index (χ3v) is 2.55. The average Bonchev–Trinajstić information content (AvgIpc) is 1.84. The van der Waals surface area contributed by atoms with Crippen LogP contribution in [0.1, 0.15) is 60.3 Å². The Labute approximate surface area is 76.6 Å². The summed E-state index contributed by atoms with van der Waals surface area (Å²) < 4.78 is 13.4. The van der Waals surface area contributed by atoms with Crippen molar-refractivity contribution in [2.45, 2.75) is 66.0 Å². The lowest BCUT2D eigenvalue weighted by molar-refractivity contribution is 0.107. The van der Waals surface area contributed by atoms with Crippen LogP contribution in [0.4, 0.5) is 4.39 Å². The normalized spacial score (nSPS) is 17.5. The predicted molar refractivity (Wildman–Crippen MR) is 53.1 cm³/mol. The van der Waals surface area contributed by atoms with Gasteiger partial charge in [0.2, 0.25) is 0 Å². The van der Waals surface area contributed by atoms with Gasteiger partial charge in [-0.05, 0) is 32.1 Å². The summed E-state index contributed by atoms with van der Waals surface area (Å²) in [6.45, 7) is 9.87. The Bertz CT molecular complexity index is 123. The molecule has 0 heterocycles. The molecule has 0 aromatic heterocycles. The lowest BCUT2D eigenvalue weighted by atomic mass is 9.75. The molecule has 0 aliphatic carbocycles. The van der Waals surface area contributed by atoms with Crippen LogP contribution in [-0.4, -0.2) is 5.67 Å². The van der Waals surface area contributed by atoms with Gasteiger partial charge in [0.1, 0.15) is 5.67 Å². The highest BCUT2D eigenvalue weighted by Crippen LogP contribution is 2.37. The molecule has 0 aliphatic rings. The molecule has 0 aromatic rings. The van der Waals surface area contributed by atoms with E-state index in [1.165, 1.54) is 0 Å². The van der Waals surface area contributed by atoms with Gasteiger partial charge in [0.15, 0.2) is 0 Å². The third kappa shape index (κ3) is 4.74. The molecule has 0 N–H and O–H groups in total. The summed E-state index contributed by atoms with van der Waals surface area (Å²) in [5.74, 6) is 0. The van der Waals surface area contributed by atoms with Crippen LogP contribution in [0.25, 0.3) is 0 Å². The van der Waals surface area contributed by atoms with Crippen LogP contribution < -0.4 is 0 Å². The molecule has 0 nitrogen and oxygen atoms in total. The minimum atomic E-state index is -1.01. The van der Waals surface area contributed by atoms with Gasteiger partial charge in [-0.3, -0.25) is 0 Å². The zero-order valence-electron chi connectivity index (χ0n) is 9.21. The lowest BCUT2D eigenvalue weighted by Crippen LogP contribution is -2.26. The standard InChI is InChI=1S/C11H23F/c1-6-8-11(5,7-2)9-10(3,4)12/h6-9H2,1-5H3. The maximum Gasteiger partial charge on any atom is 0.106 e. The molecule has 0 fully saturated rings. The molecule has 0 radical (unpaired) electrons. The van der Waals surface area contributed by atoms with Crippen LogP contribution in [0.5, 0.6) is 0 Å². The summed E-state index contributed by atoms with van der Waals surface area (Å²) in [5, 5.41) is 0. The van der Waals surface area contributed by atoms with E-state index < -0.39 is 5.67 Å². The minimum absolute atomic E-state index is 0.201. The number of halogens is 1. The molecule has 74 valence electrons. The van der Waals surface area contributed by atoms with Crippen molar-refractivity contribution < 1.29 is 4.39 Å². The number of hydrogen-bond donors (Lipinski definition) is 0. The van der Waals surface area contributed by atoms with Crippen LogP contribution in [0.2, 0.25) is 0 Å². The molecule has 0 saturated heterocycles. The Kier molecular flexibility index (Phi) is 4.22. The fraction of sp³-hybridized carbons (Fsp3) is 1.00. The molecule has 1 heteroatoms. The third-order valence-electron chi connectivity index (χ3n) is 2.55. The Morgan fingerprint density at radius 3 is 1.83 bits per heavy atom. The summed E-state index contributed by atoms with van der Waals surface area (Å²) in [6.07, 6.45) is 4.05. The topological polar surface area (TPSA) is 0 Å². The van der Waals surface area contributed by atoms with Gasteiger partial charge in [-0.2, -0.15) is 0 Å². The molecule has 0 aliphatic heterocycles. The summed E-state index contributed by atoms with van der Waals surface area (Å²) in [6, 6.07) is 0. The van der Waals surface area contributed by atoms with E-state index in [0.717, 1.165) is 19.3 Å². The van der Waals surface area contributed by atoms with Gasteiger partial charge in [0, 0.05) is 0 Å². The smallest absolute Gasteiger partial charge is 0.106 e. The van der Waals surface area contributed by atoms with Gasteiger partial charge in [0.25, 0.3) is 0 Å². The molecule has 0 spiro atoms. The lowest BCUT2D eigenvalue weighted by Gasteiger charge is -2.32. The molecule has 12 heavy (non-hydrogen) atoms. The second-order valence-corrected chi connectivity index (χ2v) is 4.81. The van der Waals surface area contributed by atoms with Crippen molar-refractivity contribution in [1.82, 2.24) is 0 Å². The predicted octanol–water partition coefficient (Wildman–Crippen LogP) is 4.34. The summed E-state index contributed by atoms with van der Waals surface area (Å²) in [5.41, 5.74) is -0.813. The first-order valence-electron chi connectivity index (χ1n) is 5.02. The largest absolute Gasteiger partial charge is 0.244 e. The maximum atomic E-state index is 13.4. The molecule has 0 amide bonds. The molecular formula is C11H23F. The van der Waals surface area contributed by atoms with E-state index in [4.69, 9.17) is 0 Å². The van der Waals surface area contributed by atoms with Crippen LogP contribution in [0, 0.1) is 5.41 Å². The Morgan fingerprint density at radius 1 is 1.08 bits per heavy atom. The number of hydrogen-bond acceptors (Lipinski definition) is 0. The van der Waals surface area contributed by atoms with Crippen molar-refractivity contribution in [3.63, 3.8) is 0 Å². The van der Waals surface area contributed by atoms with E-state index >= 15 is 0 Å².